The van der Waals surface area contributed by atoms with Gasteiger partial charge in [-0.3, -0.25) is 4.79 Å². The predicted octanol–water partition coefficient (Wildman–Crippen LogP) is 0.0593. The minimum Gasteiger partial charge on any atom is -0.340 e. The van der Waals surface area contributed by atoms with E-state index in [0.717, 1.165) is 13.1 Å². The fourth-order valence-corrected chi connectivity index (χ4v) is 2.27. The average Bonchev–Trinajstić information content (AvgIpc) is 2.93. The Bertz CT molecular complexity index is 606. The first-order valence-electron chi connectivity index (χ1n) is 6.81. The first-order valence-corrected chi connectivity index (χ1v) is 6.81. The third kappa shape index (κ3) is 3.15. The SMILES string of the molecule is Cc1nc(CC(=O)N2CCN(c3ncccn3)CC2)no1. The summed E-state index contributed by atoms with van der Waals surface area (Å²) in [7, 11) is 0. The van der Waals surface area contributed by atoms with E-state index < -0.39 is 0 Å². The molecule has 1 saturated heterocycles. The third-order valence-corrected chi connectivity index (χ3v) is 3.35. The summed E-state index contributed by atoms with van der Waals surface area (Å²) in [5.74, 6) is 1.64. The second kappa shape index (κ2) is 5.86. The van der Waals surface area contributed by atoms with E-state index in [2.05, 4.69) is 25.0 Å². The van der Waals surface area contributed by atoms with E-state index in [4.69, 9.17) is 4.52 Å². The van der Waals surface area contributed by atoms with Crippen molar-refractivity contribution in [1.29, 1.82) is 0 Å². The molecule has 2 aromatic rings. The van der Waals surface area contributed by atoms with Gasteiger partial charge >= 0.3 is 0 Å². The van der Waals surface area contributed by atoms with Crippen LogP contribution in [0.3, 0.4) is 0 Å². The smallest absolute Gasteiger partial charge is 0.230 e. The Morgan fingerprint density at radius 2 is 1.95 bits per heavy atom. The van der Waals surface area contributed by atoms with Crippen molar-refractivity contribution < 1.29 is 9.32 Å². The zero-order valence-electron chi connectivity index (χ0n) is 11.8. The van der Waals surface area contributed by atoms with Gasteiger partial charge in [0.25, 0.3) is 0 Å². The van der Waals surface area contributed by atoms with E-state index in [1.54, 1.807) is 25.4 Å². The zero-order valence-corrected chi connectivity index (χ0v) is 11.8. The Kier molecular flexibility index (Phi) is 3.76. The maximum atomic E-state index is 12.2. The van der Waals surface area contributed by atoms with Gasteiger partial charge in [0.15, 0.2) is 5.82 Å². The zero-order chi connectivity index (χ0) is 14.7. The van der Waals surface area contributed by atoms with Gasteiger partial charge in [-0.05, 0) is 6.07 Å². The molecule has 0 aliphatic carbocycles. The molecule has 0 spiro atoms. The Labute approximate surface area is 121 Å². The summed E-state index contributed by atoms with van der Waals surface area (Å²) in [6.07, 6.45) is 3.62. The molecule has 8 heteroatoms. The number of hydrogen-bond acceptors (Lipinski definition) is 7. The van der Waals surface area contributed by atoms with E-state index in [1.165, 1.54) is 0 Å². The number of piperazine rings is 1. The monoisotopic (exact) mass is 288 g/mol. The molecule has 2 aromatic heterocycles. The topological polar surface area (TPSA) is 88.3 Å². The van der Waals surface area contributed by atoms with Crippen molar-refractivity contribution in [2.24, 2.45) is 0 Å². The van der Waals surface area contributed by atoms with E-state index in [1.807, 2.05) is 4.90 Å². The summed E-state index contributed by atoms with van der Waals surface area (Å²) < 4.78 is 4.87. The van der Waals surface area contributed by atoms with Crippen LogP contribution in [0.4, 0.5) is 5.95 Å². The van der Waals surface area contributed by atoms with Gasteiger partial charge in [-0.2, -0.15) is 4.98 Å². The van der Waals surface area contributed by atoms with Crippen molar-refractivity contribution in [2.45, 2.75) is 13.3 Å². The maximum Gasteiger partial charge on any atom is 0.230 e. The largest absolute Gasteiger partial charge is 0.340 e. The molecule has 1 fully saturated rings. The minimum atomic E-state index is 0.0180. The Morgan fingerprint density at radius 1 is 1.24 bits per heavy atom. The number of amides is 1. The molecule has 0 bridgehead atoms. The van der Waals surface area contributed by atoms with Gasteiger partial charge in [0.2, 0.25) is 17.7 Å². The van der Waals surface area contributed by atoms with Crippen LogP contribution < -0.4 is 4.90 Å². The molecule has 1 aliphatic rings. The van der Waals surface area contributed by atoms with Crippen molar-refractivity contribution in [3.63, 3.8) is 0 Å². The lowest BCUT2D eigenvalue weighted by atomic mass is 10.2. The quantitative estimate of drug-likeness (QED) is 0.789. The van der Waals surface area contributed by atoms with Crippen LogP contribution in [0.2, 0.25) is 0 Å². The first kappa shape index (κ1) is 13.5. The molecular formula is C13H16N6O2. The van der Waals surface area contributed by atoms with E-state index in [-0.39, 0.29) is 12.3 Å². The average molecular weight is 288 g/mol. The summed E-state index contributed by atoms with van der Waals surface area (Å²) in [4.78, 5) is 28.6. The highest BCUT2D eigenvalue weighted by Gasteiger charge is 2.23. The standard InChI is InChI=1S/C13H16N6O2/c1-10-16-11(17-21-10)9-12(20)18-5-7-19(8-6-18)13-14-3-2-4-15-13/h2-4H,5-9H2,1H3. The van der Waals surface area contributed by atoms with Crippen LogP contribution in [0, 0.1) is 6.92 Å². The van der Waals surface area contributed by atoms with Gasteiger partial charge in [-0.25, -0.2) is 9.97 Å². The van der Waals surface area contributed by atoms with Crippen LogP contribution in [0.5, 0.6) is 0 Å². The summed E-state index contributed by atoms with van der Waals surface area (Å²) in [5.41, 5.74) is 0. The molecular weight excluding hydrogens is 272 g/mol. The van der Waals surface area contributed by atoms with Gasteiger partial charge < -0.3 is 14.3 Å². The van der Waals surface area contributed by atoms with Crippen LogP contribution in [-0.4, -0.2) is 57.1 Å². The number of nitrogens with zero attached hydrogens (tertiary/aromatic N) is 6. The summed E-state index contributed by atoms with van der Waals surface area (Å²) in [5, 5.41) is 3.75. The number of carbonyl (C=O) groups is 1. The number of aryl methyl sites for hydroxylation is 1. The van der Waals surface area contributed by atoms with Crippen LogP contribution in [-0.2, 0) is 11.2 Å². The van der Waals surface area contributed by atoms with Gasteiger partial charge in [-0.1, -0.05) is 5.16 Å². The first-order chi connectivity index (χ1) is 10.2. The number of carbonyl (C=O) groups excluding carboxylic acids is 1. The van der Waals surface area contributed by atoms with Crippen molar-refractivity contribution in [3.05, 3.63) is 30.2 Å². The van der Waals surface area contributed by atoms with Gasteiger partial charge in [-0.15, -0.1) is 0 Å². The molecule has 3 rings (SSSR count). The molecule has 0 aromatic carbocycles. The number of rotatable bonds is 3. The van der Waals surface area contributed by atoms with Crippen LogP contribution >= 0.6 is 0 Å². The second-order valence-corrected chi connectivity index (χ2v) is 4.82. The van der Waals surface area contributed by atoms with Crippen molar-refractivity contribution in [1.82, 2.24) is 25.0 Å². The van der Waals surface area contributed by atoms with Crippen LogP contribution in [0.1, 0.15) is 11.7 Å². The molecule has 0 radical (unpaired) electrons. The third-order valence-electron chi connectivity index (χ3n) is 3.35. The Balaban J connectivity index is 1.54. The highest BCUT2D eigenvalue weighted by Crippen LogP contribution is 2.10. The van der Waals surface area contributed by atoms with Gasteiger partial charge in [0.05, 0.1) is 6.42 Å². The van der Waals surface area contributed by atoms with E-state index in [9.17, 15) is 4.79 Å². The second-order valence-electron chi connectivity index (χ2n) is 4.82. The molecule has 0 atom stereocenters. The summed E-state index contributed by atoms with van der Waals surface area (Å²) in [6.45, 7) is 4.45. The normalized spacial score (nSPS) is 15.3. The molecule has 1 amide bonds. The minimum absolute atomic E-state index is 0.0180. The number of hydrogen-bond donors (Lipinski definition) is 0. The molecule has 0 saturated carbocycles. The summed E-state index contributed by atoms with van der Waals surface area (Å²) in [6, 6.07) is 1.79. The van der Waals surface area contributed by atoms with E-state index in [0.29, 0.717) is 30.8 Å². The lowest BCUT2D eigenvalue weighted by molar-refractivity contribution is -0.130. The Morgan fingerprint density at radius 3 is 2.57 bits per heavy atom. The fraction of sp³-hybridized carbons (Fsp3) is 0.462. The number of aromatic nitrogens is 4. The van der Waals surface area contributed by atoms with Crippen LogP contribution in [0.15, 0.2) is 23.0 Å². The highest BCUT2D eigenvalue weighted by molar-refractivity contribution is 5.78. The predicted molar refractivity (Wildman–Crippen MR) is 73.6 cm³/mol. The highest BCUT2D eigenvalue weighted by atomic mass is 16.5. The lowest BCUT2D eigenvalue weighted by Gasteiger charge is -2.34. The molecule has 0 N–H and O–H groups in total. The van der Waals surface area contributed by atoms with Crippen molar-refractivity contribution in [2.75, 3.05) is 31.1 Å². The Hall–Kier alpha value is -2.51. The molecule has 8 nitrogen and oxygen atoms in total. The van der Waals surface area contributed by atoms with Gasteiger partial charge in [0, 0.05) is 45.5 Å². The van der Waals surface area contributed by atoms with Crippen molar-refractivity contribution >= 4 is 11.9 Å². The molecule has 21 heavy (non-hydrogen) atoms. The van der Waals surface area contributed by atoms with E-state index >= 15 is 0 Å². The lowest BCUT2D eigenvalue weighted by Crippen LogP contribution is -2.49. The number of anilines is 1. The molecule has 1 aliphatic heterocycles. The summed E-state index contributed by atoms with van der Waals surface area (Å²) >= 11 is 0. The van der Waals surface area contributed by atoms with Crippen molar-refractivity contribution in [3.8, 4) is 0 Å². The molecule has 3 heterocycles. The molecule has 110 valence electrons. The van der Waals surface area contributed by atoms with Crippen LogP contribution in [0.25, 0.3) is 0 Å². The van der Waals surface area contributed by atoms with Gasteiger partial charge in [0.1, 0.15) is 0 Å². The fourth-order valence-electron chi connectivity index (χ4n) is 2.27. The maximum absolute atomic E-state index is 12.2. The molecule has 0 unspecified atom stereocenters.